The minimum absolute atomic E-state index is 0.00115. The van der Waals surface area contributed by atoms with E-state index < -0.39 is 20.0 Å². The summed E-state index contributed by atoms with van der Waals surface area (Å²) in [5.74, 6) is -0.195. The number of amides is 1. The normalized spacial score (nSPS) is 14.3. The molecular weight excluding hydrogens is 972 g/mol. The minimum atomic E-state index is -4.60. The molecule has 0 aliphatic rings. The van der Waals surface area contributed by atoms with Crippen LogP contribution in [0, 0.1) is 0 Å². The molecule has 3 unspecified atom stereocenters. The van der Waals surface area contributed by atoms with Crippen LogP contribution < -0.4 is 10.2 Å². The first-order valence-corrected chi connectivity index (χ1v) is 33.9. The number of rotatable bonds is 59. The van der Waals surface area contributed by atoms with Gasteiger partial charge >= 0.3 is 0 Å². The molecular formula is C68H125N2O6P. The lowest BCUT2D eigenvalue weighted by Crippen LogP contribution is -2.45. The van der Waals surface area contributed by atoms with Crippen molar-refractivity contribution in [2.45, 2.75) is 302 Å². The molecule has 0 aromatic carbocycles. The van der Waals surface area contributed by atoms with Crippen LogP contribution in [0.4, 0.5) is 0 Å². The van der Waals surface area contributed by atoms with E-state index in [1.807, 2.05) is 27.2 Å². The van der Waals surface area contributed by atoms with Crippen molar-refractivity contribution in [3.05, 3.63) is 85.1 Å². The molecule has 2 N–H and O–H groups in total. The predicted molar refractivity (Wildman–Crippen MR) is 334 cm³/mol. The number of aliphatic hydroxyl groups is 1. The number of phosphoric acid groups is 1. The number of carbonyl (C=O) groups is 1. The zero-order valence-corrected chi connectivity index (χ0v) is 52.0. The Bertz CT molecular complexity index is 1530. The van der Waals surface area contributed by atoms with Gasteiger partial charge in [-0.15, -0.1) is 0 Å². The molecule has 0 aromatic rings. The van der Waals surface area contributed by atoms with Crippen LogP contribution in [-0.2, 0) is 18.4 Å². The molecule has 1 amide bonds. The molecule has 0 aliphatic carbocycles. The van der Waals surface area contributed by atoms with Gasteiger partial charge in [0, 0.05) is 6.42 Å². The predicted octanol–water partition coefficient (Wildman–Crippen LogP) is 19.7. The third-order valence-electron chi connectivity index (χ3n) is 14.4. The van der Waals surface area contributed by atoms with Gasteiger partial charge in [0.2, 0.25) is 5.91 Å². The largest absolute Gasteiger partial charge is 0.756 e. The summed E-state index contributed by atoms with van der Waals surface area (Å²) in [5.41, 5.74) is 0. The van der Waals surface area contributed by atoms with Gasteiger partial charge in [-0.05, 0) is 70.6 Å². The quantitative estimate of drug-likeness (QED) is 0.0272. The zero-order valence-electron chi connectivity index (χ0n) is 51.1. The standard InChI is InChI=1S/C68H125N2O6P/c1-6-8-10-12-14-16-18-20-22-23-24-25-26-27-28-29-30-31-32-33-34-35-36-37-38-39-40-41-42-43-44-45-46-47-48-50-52-54-56-58-60-62-68(72)69-66(65-76-77(73,74)75-64-63-70(3,4)5)67(71)61-59-57-55-53-51-49-21-19-17-15-13-11-9-7-2/h8,10,14,16,20,22,24-25,27-28,30-31,59,61,66-67,71H,6-7,9,11-13,15,17-19,21,23,26,29,32-58,60,62-65H2,1-5H3,(H-,69,72,73,74)/b10-8-,16-14-,22-20-,25-24-,28-27-,31-30-,61-59+. The number of carbonyl (C=O) groups excluding carboxylic acids is 1. The van der Waals surface area contributed by atoms with Crippen LogP contribution in [0.15, 0.2) is 85.1 Å². The summed E-state index contributed by atoms with van der Waals surface area (Å²) >= 11 is 0. The van der Waals surface area contributed by atoms with Crippen LogP contribution in [0.5, 0.6) is 0 Å². The lowest BCUT2D eigenvalue weighted by molar-refractivity contribution is -0.870. The van der Waals surface area contributed by atoms with E-state index in [1.54, 1.807) is 6.08 Å². The SMILES string of the molecule is CC/C=C\C/C=C\C/C=C\C/C=C\C/C=C\C/C=C\CCCCCCCCCCCCCCCCCCCCCCCCC(=O)NC(COP(=O)([O-])OCC[N+](C)(C)C)C(O)/C=C/CCCCCCCCCCCCCC. The first-order chi connectivity index (χ1) is 37.5. The van der Waals surface area contributed by atoms with Crippen LogP contribution in [0.3, 0.4) is 0 Å². The molecule has 9 heteroatoms. The maximum Gasteiger partial charge on any atom is 0.268 e. The summed E-state index contributed by atoms with van der Waals surface area (Å²) in [6.45, 7) is 4.55. The summed E-state index contributed by atoms with van der Waals surface area (Å²) in [4.78, 5) is 25.5. The fourth-order valence-electron chi connectivity index (χ4n) is 9.34. The van der Waals surface area contributed by atoms with Crippen molar-refractivity contribution in [2.75, 3.05) is 40.9 Å². The average molecular weight is 1100 g/mol. The molecule has 0 aromatic heterocycles. The molecule has 0 fully saturated rings. The number of allylic oxidation sites excluding steroid dienone is 13. The van der Waals surface area contributed by atoms with Gasteiger partial charge in [0.25, 0.3) is 7.82 Å². The van der Waals surface area contributed by atoms with Crippen molar-refractivity contribution >= 4 is 13.7 Å². The molecule has 0 aliphatic heterocycles. The molecule has 77 heavy (non-hydrogen) atoms. The van der Waals surface area contributed by atoms with E-state index in [0.717, 1.165) is 77.0 Å². The number of likely N-dealkylation sites (N-methyl/N-ethyl adjacent to an activating group) is 1. The smallest absolute Gasteiger partial charge is 0.268 e. The Kier molecular flexibility index (Phi) is 56.6. The Morgan fingerprint density at radius 1 is 0.468 bits per heavy atom. The van der Waals surface area contributed by atoms with Gasteiger partial charge in [-0.25, -0.2) is 0 Å². The fraction of sp³-hybridized carbons (Fsp3) is 0.779. The maximum atomic E-state index is 13.0. The molecule has 0 radical (unpaired) electrons. The van der Waals surface area contributed by atoms with Crippen molar-refractivity contribution in [1.29, 1.82) is 0 Å². The van der Waals surface area contributed by atoms with E-state index in [4.69, 9.17) is 9.05 Å². The molecule has 0 spiro atoms. The van der Waals surface area contributed by atoms with Crippen LogP contribution in [0.25, 0.3) is 0 Å². The number of quaternary nitrogens is 1. The fourth-order valence-corrected chi connectivity index (χ4v) is 10.1. The van der Waals surface area contributed by atoms with Crippen LogP contribution in [0.2, 0.25) is 0 Å². The highest BCUT2D eigenvalue weighted by Crippen LogP contribution is 2.38. The first-order valence-electron chi connectivity index (χ1n) is 32.4. The number of unbranched alkanes of at least 4 members (excludes halogenated alkanes) is 34. The minimum Gasteiger partial charge on any atom is -0.756 e. The number of nitrogens with one attached hydrogen (secondary N) is 1. The third kappa shape index (κ3) is 61.2. The number of phosphoric ester groups is 1. The summed E-state index contributed by atoms with van der Waals surface area (Å²) in [6.07, 6.45) is 82.7. The van der Waals surface area contributed by atoms with Gasteiger partial charge in [-0.1, -0.05) is 298 Å². The Morgan fingerprint density at radius 3 is 1.16 bits per heavy atom. The lowest BCUT2D eigenvalue weighted by Gasteiger charge is -2.29. The summed E-state index contributed by atoms with van der Waals surface area (Å²) < 4.78 is 23.4. The van der Waals surface area contributed by atoms with E-state index in [-0.39, 0.29) is 19.1 Å². The Hall–Kier alpha value is -2.32. The highest BCUT2D eigenvalue weighted by Gasteiger charge is 2.23. The second kappa shape index (κ2) is 58.3. The van der Waals surface area contributed by atoms with E-state index in [2.05, 4.69) is 92.1 Å². The van der Waals surface area contributed by atoms with Gasteiger partial charge in [0.15, 0.2) is 0 Å². The lowest BCUT2D eigenvalue weighted by atomic mass is 10.0. The highest BCUT2D eigenvalue weighted by atomic mass is 31.2. The molecule has 0 saturated heterocycles. The maximum absolute atomic E-state index is 13.0. The second-order valence-corrected chi connectivity index (χ2v) is 24.5. The molecule has 3 atom stereocenters. The molecule has 0 bridgehead atoms. The molecule has 8 nitrogen and oxygen atoms in total. The third-order valence-corrected chi connectivity index (χ3v) is 15.3. The van der Waals surface area contributed by atoms with E-state index in [1.165, 1.54) is 193 Å². The summed E-state index contributed by atoms with van der Waals surface area (Å²) in [5, 5.41) is 13.9. The zero-order chi connectivity index (χ0) is 56.3. The number of aliphatic hydroxyl groups excluding tert-OH is 1. The Labute approximate surface area is 477 Å². The number of nitrogens with zero attached hydrogens (tertiary/aromatic N) is 1. The molecule has 0 rings (SSSR count). The van der Waals surface area contributed by atoms with Gasteiger partial charge in [0.05, 0.1) is 39.9 Å². The van der Waals surface area contributed by atoms with E-state index in [9.17, 15) is 19.4 Å². The molecule has 448 valence electrons. The van der Waals surface area contributed by atoms with Crippen molar-refractivity contribution in [3.8, 4) is 0 Å². The number of hydrogen-bond donors (Lipinski definition) is 2. The van der Waals surface area contributed by atoms with Crippen molar-refractivity contribution in [1.82, 2.24) is 5.32 Å². The van der Waals surface area contributed by atoms with Gasteiger partial charge in [-0.2, -0.15) is 0 Å². The van der Waals surface area contributed by atoms with Crippen LogP contribution in [-0.4, -0.2) is 68.5 Å². The molecule has 0 heterocycles. The number of hydrogen-bond acceptors (Lipinski definition) is 6. The van der Waals surface area contributed by atoms with E-state index >= 15 is 0 Å². The Balaban J connectivity index is 3.91. The van der Waals surface area contributed by atoms with Gasteiger partial charge in [0.1, 0.15) is 13.2 Å². The highest BCUT2D eigenvalue weighted by molar-refractivity contribution is 7.45. The first kappa shape index (κ1) is 74.7. The van der Waals surface area contributed by atoms with Crippen molar-refractivity contribution < 1.29 is 32.9 Å². The van der Waals surface area contributed by atoms with E-state index in [0.29, 0.717) is 17.4 Å². The van der Waals surface area contributed by atoms with Crippen molar-refractivity contribution in [2.24, 2.45) is 0 Å². The molecule has 0 saturated carbocycles. The topological polar surface area (TPSA) is 108 Å². The second-order valence-electron chi connectivity index (χ2n) is 23.1. The van der Waals surface area contributed by atoms with Gasteiger partial charge in [-0.3, -0.25) is 9.36 Å². The average Bonchev–Trinajstić information content (AvgIpc) is 3.39. The Morgan fingerprint density at radius 2 is 0.792 bits per heavy atom. The van der Waals surface area contributed by atoms with Crippen molar-refractivity contribution in [3.63, 3.8) is 0 Å². The monoisotopic (exact) mass is 1100 g/mol. The summed E-state index contributed by atoms with van der Waals surface area (Å²) in [7, 11) is 1.27. The van der Waals surface area contributed by atoms with Gasteiger partial charge < -0.3 is 28.8 Å². The summed E-state index contributed by atoms with van der Waals surface area (Å²) in [6, 6.07) is -0.887. The van der Waals surface area contributed by atoms with Crippen LogP contribution in [0.1, 0.15) is 290 Å². The van der Waals surface area contributed by atoms with Crippen LogP contribution >= 0.6 is 7.82 Å².